The van der Waals surface area contributed by atoms with Gasteiger partial charge in [-0.2, -0.15) is 5.26 Å². The number of para-hydroxylation sites is 1. The summed E-state index contributed by atoms with van der Waals surface area (Å²) >= 11 is 1.67. The van der Waals surface area contributed by atoms with Gasteiger partial charge in [-0.15, -0.1) is 11.8 Å². The van der Waals surface area contributed by atoms with Crippen molar-refractivity contribution in [2.24, 2.45) is 0 Å². The molecule has 1 aliphatic rings. The molecule has 3 aromatic carbocycles. The zero-order chi connectivity index (χ0) is 25.5. The number of carbonyl (C=O) groups is 2. The molecule has 3 aromatic rings. The van der Waals surface area contributed by atoms with Crippen LogP contribution >= 0.6 is 11.8 Å². The van der Waals surface area contributed by atoms with Gasteiger partial charge in [-0.3, -0.25) is 9.69 Å². The van der Waals surface area contributed by atoms with Crippen molar-refractivity contribution in [2.75, 3.05) is 23.8 Å². The maximum atomic E-state index is 13.3. The molecule has 1 amide bonds. The number of carbonyl (C=O) groups excluding carboxylic acids is 2. The standard InChI is InChI=1S/C26H23N3O5S2/c27-15-6-16-28-36(32,33)21-13-11-20(12-14-21)26(31)34-17-25(30)29-22-9-4-5-10-24(22)35-18-23(29)19-7-2-1-3-8-19/h1-5,7-14,23,28H,6,16-18H2/t23-/m1/s1. The fourth-order valence-electron chi connectivity index (χ4n) is 3.79. The average molecular weight is 522 g/mol. The van der Waals surface area contributed by atoms with Crippen molar-refractivity contribution in [2.45, 2.75) is 22.3 Å². The van der Waals surface area contributed by atoms with Crippen LogP contribution < -0.4 is 9.62 Å². The van der Waals surface area contributed by atoms with Gasteiger partial charge in [0.05, 0.1) is 28.3 Å². The number of nitrogens with zero attached hydrogens (tertiary/aromatic N) is 2. The highest BCUT2D eigenvalue weighted by Crippen LogP contribution is 2.43. The van der Waals surface area contributed by atoms with Crippen LogP contribution in [0.4, 0.5) is 5.69 Å². The van der Waals surface area contributed by atoms with Crippen LogP contribution in [0.15, 0.2) is 88.7 Å². The van der Waals surface area contributed by atoms with Gasteiger partial charge in [-0.05, 0) is 42.0 Å². The van der Waals surface area contributed by atoms with Crippen molar-refractivity contribution < 1.29 is 22.7 Å². The molecule has 0 spiro atoms. The molecular weight excluding hydrogens is 498 g/mol. The number of amides is 1. The smallest absolute Gasteiger partial charge is 0.338 e. The number of fused-ring (bicyclic) bond motifs is 1. The van der Waals surface area contributed by atoms with E-state index in [0.29, 0.717) is 5.75 Å². The number of nitriles is 1. The number of ether oxygens (including phenoxy) is 1. The molecule has 8 nitrogen and oxygen atoms in total. The Morgan fingerprint density at radius 3 is 2.44 bits per heavy atom. The van der Waals surface area contributed by atoms with Crippen LogP contribution in [0, 0.1) is 11.3 Å². The summed E-state index contributed by atoms with van der Waals surface area (Å²) in [6.07, 6.45) is 0.0446. The summed E-state index contributed by atoms with van der Waals surface area (Å²) in [7, 11) is -3.79. The third-order valence-electron chi connectivity index (χ3n) is 5.54. The van der Waals surface area contributed by atoms with Crippen LogP contribution in [0.25, 0.3) is 0 Å². The quantitative estimate of drug-likeness (QED) is 0.353. The summed E-state index contributed by atoms with van der Waals surface area (Å²) in [4.78, 5) is 28.5. The lowest BCUT2D eigenvalue weighted by Crippen LogP contribution is -2.41. The van der Waals surface area contributed by atoms with Crippen LogP contribution in [0.1, 0.15) is 28.4 Å². The molecule has 4 rings (SSSR count). The largest absolute Gasteiger partial charge is 0.452 e. The first kappa shape index (κ1) is 25.4. The molecule has 0 saturated carbocycles. The number of esters is 1. The van der Waals surface area contributed by atoms with Crippen molar-refractivity contribution >= 4 is 39.3 Å². The number of nitrogens with one attached hydrogen (secondary N) is 1. The second kappa shape index (κ2) is 11.4. The highest BCUT2D eigenvalue weighted by molar-refractivity contribution is 7.99. The molecule has 184 valence electrons. The lowest BCUT2D eigenvalue weighted by atomic mass is 10.1. The van der Waals surface area contributed by atoms with Gasteiger partial charge in [-0.1, -0.05) is 42.5 Å². The molecule has 0 aromatic heterocycles. The Bertz CT molecular complexity index is 1390. The first-order valence-electron chi connectivity index (χ1n) is 11.1. The molecule has 1 N–H and O–H groups in total. The summed E-state index contributed by atoms with van der Waals surface area (Å²) in [5.74, 6) is -0.425. The minimum Gasteiger partial charge on any atom is -0.452 e. The average Bonchev–Trinajstić information content (AvgIpc) is 2.91. The van der Waals surface area contributed by atoms with E-state index in [9.17, 15) is 18.0 Å². The number of anilines is 1. The SMILES string of the molecule is N#CCCNS(=O)(=O)c1ccc(C(=O)OCC(=O)N2c3ccccc3SC[C@@H]2c2ccccc2)cc1. The number of rotatable bonds is 8. The molecule has 36 heavy (non-hydrogen) atoms. The van der Waals surface area contributed by atoms with Crippen LogP contribution in [0.2, 0.25) is 0 Å². The van der Waals surface area contributed by atoms with E-state index in [1.807, 2.05) is 60.7 Å². The van der Waals surface area contributed by atoms with E-state index in [4.69, 9.17) is 10.00 Å². The van der Waals surface area contributed by atoms with Crippen LogP contribution in [-0.2, 0) is 19.6 Å². The normalized spacial score (nSPS) is 15.0. The van der Waals surface area contributed by atoms with Crippen molar-refractivity contribution in [3.8, 4) is 6.07 Å². The maximum Gasteiger partial charge on any atom is 0.338 e. The van der Waals surface area contributed by atoms with Crippen LogP contribution in [-0.4, -0.2) is 39.2 Å². The Morgan fingerprint density at radius 2 is 1.72 bits per heavy atom. The van der Waals surface area contributed by atoms with Gasteiger partial charge in [-0.25, -0.2) is 17.9 Å². The first-order valence-corrected chi connectivity index (χ1v) is 13.6. The topological polar surface area (TPSA) is 117 Å². The number of thioether (sulfide) groups is 1. The Balaban J connectivity index is 1.46. The van der Waals surface area contributed by atoms with Crippen molar-refractivity contribution in [3.05, 3.63) is 90.0 Å². The summed E-state index contributed by atoms with van der Waals surface area (Å²) in [6, 6.07) is 24.2. The van der Waals surface area contributed by atoms with Gasteiger partial charge in [0.15, 0.2) is 6.61 Å². The van der Waals surface area contributed by atoms with E-state index in [0.717, 1.165) is 16.1 Å². The maximum absolute atomic E-state index is 13.3. The highest BCUT2D eigenvalue weighted by Gasteiger charge is 2.33. The molecule has 0 bridgehead atoms. The molecule has 0 radical (unpaired) electrons. The Labute approximate surface area is 213 Å². The molecule has 1 heterocycles. The minimum absolute atomic E-state index is 0.00709. The number of hydrogen-bond donors (Lipinski definition) is 1. The van der Waals surface area contributed by atoms with E-state index >= 15 is 0 Å². The minimum atomic E-state index is -3.79. The van der Waals surface area contributed by atoms with Crippen molar-refractivity contribution in [3.63, 3.8) is 0 Å². The van der Waals surface area contributed by atoms with E-state index in [-0.39, 0.29) is 35.4 Å². The fraction of sp³-hybridized carbons (Fsp3) is 0.192. The number of sulfonamides is 1. The summed E-state index contributed by atoms with van der Waals surface area (Å²) < 4.78 is 32.1. The zero-order valence-corrected chi connectivity index (χ0v) is 20.8. The van der Waals surface area contributed by atoms with E-state index in [2.05, 4.69) is 4.72 Å². The molecule has 0 unspecified atom stereocenters. The molecule has 1 atom stereocenters. The first-order chi connectivity index (χ1) is 17.4. The predicted molar refractivity (Wildman–Crippen MR) is 136 cm³/mol. The highest BCUT2D eigenvalue weighted by atomic mass is 32.2. The molecule has 10 heteroatoms. The third kappa shape index (κ3) is 5.76. The van der Waals surface area contributed by atoms with Gasteiger partial charge >= 0.3 is 5.97 Å². The Hall–Kier alpha value is -3.65. The number of hydrogen-bond acceptors (Lipinski definition) is 7. The zero-order valence-electron chi connectivity index (χ0n) is 19.2. The predicted octanol–water partition coefficient (Wildman–Crippen LogP) is 3.92. The van der Waals surface area contributed by atoms with Gasteiger partial charge in [0.25, 0.3) is 5.91 Å². The second-order valence-corrected chi connectivity index (χ2v) is 10.7. The third-order valence-corrected chi connectivity index (χ3v) is 8.16. The monoisotopic (exact) mass is 521 g/mol. The molecule has 0 fully saturated rings. The lowest BCUT2D eigenvalue weighted by molar-refractivity contribution is -0.122. The van der Waals surface area contributed by atoms with Gasteiger partial charge in [0, 0.05) is 23.6 Å². The molecule has 1 aliphatic heterocycles. The Kier molecular flexibility index (Phi) is 8.05. The Morgan fingerprint density at radius 1 is 1.03 bits per heavy atom. The van der Waals surface area contributed by atoms with Gasteiger partial charge in [0.1, 0.15) is 0 Å². The molecular formula is C26H23N3O5S2. The van der Waals surface area contributed by atoms with Gasteiger partial charge in [0.2, 0.25) is 10.0 Å². The summed E-state index contributed by atoms with van der Waals surface area (Å²) in [6.45, 7) is -0.468. The van der Waals surface area contributed by atoms with Crippen LogP contribution in [0.5, 0.6) is 0 Å². The summed E-state index contributed by atoms with van der Waals surface area (Å²) in [5.41, 5.74) is 1.87. The fourth-order valence-corrected chi connectivity index (χ4v) is 5.99. The number of benzene rings is 3. The van der Waals surface area contributed by atoms with Crippen molar-refractivity contribution in [1.82, 2.24) is 4.72 Å². The lowest BCUT2D eigenvalue weighted by Gasteiger charge is -2.37. The second-order valence-electron chi connectivity index (χ2n) is 7.88. The molecule has 0 saturated heterocycles. The molecule has 0 aliphatic carbocycles. The van der Waals surface area contributed by atoms with E-state index in [1.165, 1.54) is 24.3 Å². The van der Waals surface area contributed by atoms with Crippen molar-refractivity contribution in [1.29, 1.82) is 5.26 Å². The van der Waals surface area contributed by atoms with Gasteiger partial charge < -0.3 is 4.74 Å². The summed E-state index contributed by atoms with van der Waals surface area (Å²) in [5, 5.41) is 8.56. The van der Waals surface area contributed by atoms with E-state index < -0.39 is 22.6 Å². The van der Waals surface area contributed by atoms with Crippen LogP contribution in [0.3, 0.4) is 0 Å². The van der Waals surface area contributed by atoms with E-state index in [1.54, 1.807) is 16.7 Å².